The minimum absolute atomic E-state index is 0.150. The maximum Gasteiger partial charge on any atom is 0.338 e. The first-order valence-electron chi connectivity index (χ1n) is 16.3. The number of para-hydroxylation sites is 3. The standard InChI is InChI=1S/C40H35N3O6S/c1-4-48-39(45)34-35(26-14-7-5-8-15-26)41-40-43(36(34)30-19-13-21-32(46-2)37(30)47-3)38(44)33(50-40)24-27-25-42(31-20-12-11-18-29(27)31)22-23-49-28-16-9-6-10-17-28/h5-21,24-25,36H,4,22-23H2,1-3H3/b33-24-/t36-/m0/s1. The highest BCUT2D eigenvalue weighted by atomic mass is 32.1. The Morgan fingerprint density at radius 1 is 0.900 bits per heavy atom. The second-order valence-electron chi connectivity index (χ2n) is 11.5. The molecule has 1 aliphatic heterocycles. The highest BCUT2D eigenvalue weighted by Crippen LogP contribution is 2.42. The van der Waals surface area contributed by atoms with E-state index in [1.54, 1.807) is 24.7 Å². The van der Waals surface area contributed by atoms with Gasteiger partial charge in [-0.05, 0) is 37.3 Å². The summed E-state index contributed by atoms with van der Waals surface area (Å²) in [6.45, 7) is 2.99. The Hall–Kier alpha value is -5.87. The van der Waals surface area contributed by atoms with Gasteiger partial charge >= 0.3 is 5.97 Å². The molecule has 6 aromatic rings. The summed E-state index contributed by atoms with van der Waals surface area (Å²) in [6, 6.07) is 31.8. The number of thiazole rings is 1. The first kappa shape index (κ1) is 32.7. The van der Waals surface area contributed by atoms with Crippen molar-refractivity contribution in [1.29, 1.82) is 0 Å². The maximum atomic E-state index is 14.6. The van der Waals surface area contributed by atoms with Crippen LogP contribution in [0, 0.1) is 0 Å². The van der Waals surface area contributed by atoms with Gasteiger partial charge in [0.2, 0.25) is 0 Å². The van der Waals surface area contributed by atoms with E-state index in [0.29, 0.717) is 45.2 Å². The molecule has 3 heterocycles. The first-order valence-corrected chi connectivity index (χ1v) is 17.1. The Kier molecular flexibility index (Phi) is 9.35. The highest BCUT2D eigenvalue weighted by molar-refractivity contribution is 7.07. The van der Waals surface area contributed by atoms with Crippen molar-refractivity contribution >= 4 is 40.0 Å². The lowest BCUT2D eigenvalue weighted by molar-refractivity contribution is -0.138. The topological polar surface area (TPSA) is 93.3 Å². The summed E-state index contributed by atoms with van der Waals surface area (Å²) >= 11 is 1.27. The molecular formula is C40H35N3O6S. The summed E-state index contributed by atoms with van der Waals surface area (Å²) in [5, 5.41) is 1.00. The van der Waals surface area contributed by atoms with Gasteiger partial charge in [-0.1, -0.05) is 90.2 Å². The lowest BCUT2D eigenvalue weighted by atomic mass is 9.92. The molecule has 7 rings (SSSR count). The van der Waals surface area contributed by atoms with E-state index in [9.17, 15) is 9.59 Å². The van der Waals surface area contributed by atoms with Crippen molar-refractivity contribution in [2.45, 2.75) is 19.5 Å². The van der Waals surface area contributed by atoms with E-state index in [0.717, 1.165) is 27.8 Å². The molecular weight excluding hydrogens is 651 g/mol. The molecule has 50 heavy (non-hydrogen) atoms. The molecule has 0 radical (unpaired) electrons. The Morgan fingerprint density at radius 2 is 1.64 bits per heavy atom. The van der Waals surface area contributed by atoms with Gasteiger partial charge in [-0.15, -0.1) is 0 Å². The number of nitrogens with zero attached hydrogens (tertiary/aromatic N) is 3. The third kappa shape index (κ3) is 6.10. The fourth-order valence-electron chi connectivity index (χ4n) is 6.36. The minimum atomic E-state index is -0.913. The van der Waals surface area contributed by atoms with E-state index >= 15 is 0 Å². The van der Waals surface area contributed by atoms with Crippen LogP contribution in [0.5, 0.6) is 17.2 Å². The van der Waals surface area contributed by atoms with Crippen molar-refractivity contribution in [3.8, 4) is 17.2 Å². The van der Waals surface area contributed by atoms with Gasteiger partial charge in [-0.2, -0.15) is 0 Å². The maximum absolute atomic E-state index is 14.6. The van der Waals surface area contributed by atoms with Crippen molar-refractivity contribution < 1.29 is 23.7 Å². The van der Waals surface area contributed by atoms with Crippen LogP contribution >= 0.6 is 11.3 Å². The SMILES string of the molecule is CCOC(=O)C1=C(c2ccccc2)N=c2s/c(=C\c3cn(CCOc4ccccc4)c4ccccc34)c(=O)n2[C@H]1c1cccc(OC)c1OC. The average Bonchev–Trinajstić information content (AvgIpc) is 3.67. The molecule has 10 heteroatoms. The summed E-state index contributed by atoms with van der Waals surface area (Å²) in [7, 11) is 3.09. The van der Waals surface area contributed by atoms with Crippen molar-refractivity contribution in [1.82, 2.24) is 9.13 Å². The van der Waals surface area contributed by atoms with Gasteiger partial charge in [-0.25, -0.2) is 9.79 Å². The zero-order valence-corrected chi connectivity index (χ0v) is 28.7. The van der Waals surface area contributed by atoms with Crippen molar-refractivity contribution in [2.24, 2.45) is 4.99 Å². The number of hydrogen-bond acceptors (Lipinski definition) is 8. The number of esters is 1. The van der Waals surface area contributed by atoms with Crippen molar-refractivity contribution in [3.05, 3.63) is 151 Å². The number of carbonyl (C=O) groups excluding carboxylic acids is 1. The van der Waals surface area contributed by atoms with Crippen molar-refractivity contribution in [3.63, 3.8) is 0 Å². The Morgan fingerprint density at radius 3 is 2.38 bits per heavy atom. The molecule has 252 valence electrons. The van der Waals surface area contributed by atoms with Crippen LogP contribution in [0.15, 0.2) is 125 Å². The van der Waals surface area contributed by atoms with Gasteiger partial charge in [0.1, 0.15) is 18.4 Å². The quantitative estimate of drug-likeness (QED) is 0.156. The fraction of sp³-hybridized carbons (Fsp3) is 0.175. The van der Waals surface area contributed by atoms with E-state index < -0.39 is 12.0 Å². The fourth-order valence-corrected chi connectivity index (χ4v) is 7.35. The Bertz CT molecular complexity index is 2390. The molecule has 0 N–H and O–H groups in total. The summed E-state index contributed by atoms with van der Waals surface area (Å²) < 4.78 is 27.3. The van der Waals surface area contributed by atoms with Crippen LogP contribution < -0.4 is 29.1 Å². The number of aromatic nitrogens is 2. The van der Waals surface area contributed by atoms with E-state index in [1.165, 1.54) is 18.4 Å². The lowest BCUT2D eigenvalue weighted by Crippen LogP contribution is -2.40. The van der Waals surface area contributed by atoms with Crippen LogP contribution in [0.4, 0.5) is 0 Å². The molecule has 0 spiro atoms. The number of benzene rings is 4. The second kappa shape index (κ2) is 14.3. The molecule has 0 bridgehead atoms. The van der Waals surface area contributed by atoms with Gasteiger partial charge in [0.05, 0.1) is 43.2 Å². The van der Waals surface area contributed by atoms with Crippen LogP contribution in [-0.2, 0) is 16.1 Å². The Labute approximate surface area is 292 Å². The number of carbonyl (C=O) groups is 1. The predicted octanol–water partition coefficient (Wildman–Crippen LogP) is 5.99. The Balaban J connectivity index is 1.42. The average molecular weight is 686 g/mol. The van der Waals surface area contributed by atoms with Crippen molar-refractivity contribution in [2.75, 3.05) is 27.4 Å². The second-order valence-corrected chi connectivity index (χ2v) is 12.5. The highest BCUT2D eigenvalue weighted by Gasteiger charge is 2.37. The van der Waals surface area contributed by atoms with E-state index in [4.69, 9.17) is 23.9 Å². The smallest absolute Gasteiger partial charge is 0.338 e. The van der Waals surface area contributed by atoms with Crippen LogP contribution in [0.25, 0.3) is 22.7 Å². The van der Waals surface area contributed by atoms with Crippen LogP contribution in [-0.4, -0.2) is 42.5 Å². The monoisotopic (exact) mass is 685 g/mol. The molecule has 0 unspecified atom stereocenters. The number of ether oxygens (including phenoxy) is 4. The summed E-state index contributed by atoms with van der Waals surface area (Å²) in [5.74, 6) is 1.12. The number of fused-ring (bicyclic) bond motifs is 2. The van der Waals surface area contributed by atoms with Gasteiger partial charge in [0, 0.05) is 33.8 Å². The molecule has 1 aliphatic rings. The summed E-state index contributed by atoms with van der Waals surface area (Å²) in [4.78, 5) is 34.0. The third-order valence-electron chi connectivity index (χ3n) is 8.55. The molecule has 9 nitrogen and oxygen atoms in total. The van der Waals surface area contributed by atoms with Crippen LogP contribution in [0.1, 0.15) is 29.7 Å². The molecule has 0 saturated heterocycles. The largest absolute Gasteiger partial charge is 0.493 e. The summed E-state index contributed by atoms with van der Waals surface area (Å²) in [5.41, 5.74) is 3.58. The zero-order valence-electron chi connectivity index (χ0n) is 27.9. The zero-order chi connectivity index (χ0) is 34.6. The van der Waals surface area contributed by atoms with Gasteiger partial charge in [0.15, 0.2) is 16.3 Å². The van der Waals surface area contributed by atoms with E-state index in [-0.39, 0.29) is 17.7 Å². The van der Waals surface area contributed by atoms with E-state index in [2.05, 4.69) is 10.6 Å². The molecule has 4 aromatic carbocycles. The number of methoxy groups -OCH3 is 2. The molecule has 0 saturated carbocycles. The first-order chi connectivity index (χ1) is 24.5. The normalized spacial score (nSPS) is 14.3. The molecule has 0 amide bonds. The summed E-state index contributed by atoms with van der Waals surface area (Å²) in [6.07, 6.45) is 3.94. The molecule has 2 aromatic heterocycles. The number of hydrogen-bond donors (Lipinski definition) is 0. The van der Waals surface area contributed by atoms with Gasteiger partial charge in [-0.3, -0.25) is 9.36 Å². The predicted molar refractivity (Wildman–Crippen MR) is 194 cm³/mol. The lowest BCUT2D eigenvalue weighted by Gasteiger charge is -2.27. The van der Waals surface area contributed by atoms with E-state index in [1.807, 2.05) is 103 Å². The minimum Gasteiger partial charge on any atom is -0.493 e. The number of rotatable bonds is 11. The van der Waals surface area contributed by atoms with Crippen LogP contribution in [0.2, 0.25) is 0 Å². The molecule has 0 fully saturated rings. The van der Waals surface area contributed by atoms with Crippen LogP contribution in [0.3, 0.4) is 0 Å². The van der Waals surface area contributed by atoms with Gasteiger partial charge in [0.25, 0.3) is 5.56 Å². The third-order valence-corrected chi connectivity index (χ3v) is 9.53. The molecule has 1 atom stereocenters. The molecule has 0 aliphatic carbocycles. The van der Waals surface area contributed by atoms with Gasteiger partial charge < -0.3 is 23.5 Å².